The predicted octanol–water partition coefficient (Wildman–Crippen LogP) is 3.75. The number of ether oxygens (including phenoxy) is 1. The number of benzene rings is 2. The van der Waals surface area contributed by atoms with Crippen molar-refractivity contribution in [3.8, 4) is 0 Å². The Morgan fingerprint density at radius 2 is 1.81 bits per heavy atom. The van der Waals surface area contributed by atoms with E-state index in [1.165, 1.54) is 11.3 Å². The standard InChI is InChI=1S/C18H22N2O/c1-2-14-8-6-7-11-17(14)20-18-15(13-21-18)12-19-16-9-4-3-5-10-16/h3-11,15,18-20H,2,12-13H2,1H3. The largest absolute Gasteiger partial charge is 0.385 e. The molecule has 0 radical (unpaired) electrons. The maximum atomic E-state index is 5.68. The van der Waals surface area contributed by atoms with Gasteiger partial charge in [-0.3, -0.25) is 0 Å². The lowest BCUT2D eigenvalue weighted by atomic mass is 10.0. The summed E-state index contributed by atoms with van der Waals surface area (Å²) in [6.45, 7) is 3.92. The molecule has 0 aromatic heterocycles. The first kappa shape index (κ1) is 14.0. The molecule has 110 valence electrons. The van der Waals surface area contributed by atoms with Gasteiger partial charge in [0.1, 0.15) is 6.23 Å². The van der Waals surface area contributed by atoms with Crippen LogP contribution in [-0.2, 0) is 11.2 Å². The third-order valence-corrected chi connectivity index (χ3v) is 3.96. The number of nitrogens with one attached hydrogen (secondary N) is 2. The number of rotatable bonds is 6. The van der Waals surface area contributed by atoms with Crippen LogP contribution >= 0.6 is 0 Å². The summed E-state index contributed by atoms with van der Waals surface area (Å²) in [7, 11) is 0. The smallest absolute Gasteiger partial charge is 0.134 e. The minimum atomic E-state index is 0.105. The molecule has 0 aliphatic carbocycles. The Bertz CT molecular complexity index is 570. The van der Waals surface area contributed by atoms with Crippen molar-refractivity contribution in [1.82, 2.24) is 0 Å². The maximum absolute atomic E-state index is 5.68. The van der Waals surface area contributed by atoms with Gasteiger partial charge in [0.15, 0.2) is 0 Å². The van der Waals surface area contributed by atoms with Crippen molar-refractivity contribution in [2.75, 3.05) is 23.8 Å². The third kappa shape index (κ3) is 3.37. The molecule has 3 rings (SSSR count). The van der Waals surface area contributed by atoms with Crippen molar-refractivity contribution in [3.05, 3.63) is 60.2 Å². The van der Waals surface area contributed by atoms with E-state index in [1.54, 1.807) is 0 Å². The lowest BCUT2D eigenvalue weighted by molar-refractivity contribution is -0.0901. The van der Waals surface area contributed by atoms with Gasteiger partial charge < -0.3 is 15.4 Å². The van der Waals surface area contributed by atoms with Gasteiger partial charge in [0.2, 0.25) is 0 Å². The van der Waals surface area contributed by atoms with Gasteiger partial charge in [0.05, 0.1) is 6.61 Å². The summed E-state index contributed by atoms with van der Waals surface area (Å²) in [6, 6.07) is 18.8. The molecular weight excluding hydrogens is 260 g/mol. The highest BCUT2D eigenvalue weighted by atomic mass is 16.5. The van der Waals surface area contributed by atoms with Crippen LogP contribution in [0, 0.1) is 5.92 Å². The van der Waals surface area contributed by atoms with E-state index < -0.39 is 0 Å². The zero-order valence-corrected chi connectivity index (χ0v) is 12.4. The maximum Gasteiger partial charge on any atom is 0.134 e. The molecule has 0 amide bonds. The molecule has 1 fully saturated rings. The summed E-state index contributed by atoms with van der Waals surface area (Å²) < 4.78 is 5.68. The highest BCUT2D eigenvalue weighted by Crippen LogP contribution is 2.25. The van der Waals surface area contributed by atoms with E-state index in [1.807, 2.05) is 18.2 Å². The fourth-order valence-corrected chi connectivity index (χ4v) is 2.58. The average molecular weight is 282 g/mol. The Morgan fingerprint density at radius 3 is 2.52 bits per heavy atom. The first-order valence-electron chi connectivity index (χ1n) is 7.62. The Labute approximate surface area is 126 Å². The van der Waals surface area contributed by atoms with Crippen molar-refractivity contribution in [1.29, 1.82) is 0 Å². The van der Waals surface area contributed by atoms with Crippen LogP contribution in [0.25, 0.3) is 0 Å². The molecule has 2 atom stereocenters. The van der Waals surface area contributed by atoms with Crippen LogP contribution in [0.1, 0.15) is 12.5 Å². The minimum Gasteiger partial charge on any atom is -0.385 e. The molecule has 2 aromatic carbocycles. The van der Waals surface area contributed by atoms with Gasteiger partial charge in [-0.2, -0.15) is 0 Å². The zero-order chi connectivity index (χ0) is 14.5. The monoisotopic (exact) mass is 282 g/mol. The average Bonchev–Trinajstić information content (AvgIpc) is 2.53. The van der Waals surface area contributed by atoms with Crippen molar-refractivity contribution in [2.24, 2.45) is 5.92 Å². The zero-order valence-electron chi connectivity index (χ0n) is 12.4. The molecule has 2 N–H and O–H groups in total. The second-order valence-electron chi connectivity index (χ2n) is 5.42. The lowest BCUT2D eigenvalue weighted by Gasteiger charge is -2.38. The lowest BCUT2D eigenvalue weighted by Crippen LogP contribution is -2.48. The second kappa shape index (κ2) is 6.64. The van der Waals surface area contributed by atoms with Crippen LogP contribution in [0.3, 0.4) is 0 Å². The van der Waals surface area contributed by atoms with Crippen molar-refractivity contribution in [3.63, 3.8) is 0 Å². The van der Waals surface area contributed by atoms with E-state index in [0.29, 0.717) is 5.92 Å². The molecule has 0 spiro atoms. The van der Waals surface area contributed by atoms with Gasteiger partial charge in [0.25, 0.3) is 0 Å². The molecule has 0 bridgehead atoms. The predicted molar refractivity (Wildman–Crippen MR) is 87.6 cm³/mol. The fraction of sp³-hybridized carbons (Fsp3) is 0.333. The summed E-state index contributed by atoms with van der Waals surface area (Å²) in [5.74, 6) is 0.495. The molecule has 1 heterocycles. The van der Waals surface area contributed by atoms with Gasteiger partial charge >= 0.3 is 0 Å². The van der Waals surface area contributed by atoms with Crippen LogP contribution in [0.15, 0.2) is 54.6 Å². The number of hydrogen-bond donors (Lipinski definition) is 2. The summed E-state index contributed by atoms with van der Waals surface area (Å²) in [6.07, 6.45) is 1.14. The van der Waals surface area contributed by atoms with E-state index in [0.717, 1.165) is 25.3 Å². The Morgan fingerprint density at radius 1 is 1.05 bits per heavy atom. The summed E-state index contributed by atoms with van der Waals surface area (Å²) >= 11 is 0. The van der Waals surface area contributed by atoms with E-state index in [-0.39, 0.29) is 6.23 Å². The van der Waals surface area contributed by atoms with Crippen LogP contribution in [0.2, 0.25) is 0 Å². The highest BCUT2D eigenvalue weighted by molar-refractivity contribution is 5.52. The van der Waals surface area contributed by atoms with Crippen LogP contribution < -0.4 is 10.6 Å². The Balaban J connectivity index is 1.55. The van der Waals surface area contributed by atoms with E-state index >= 15 is 0 Å². The SMILES string of the molecule is CCc1ccccc1NC1OCC1CNc1ccccc1. The van der Waals surface area contributed by atoms with E-state index in [4.69, 9.17) is 4.74 Å². The minimum absolute atomic E-state index is 0.105. The summed E-state index contributed by atoms with van der Waals surface area (Å²) in [4.78, 5) is 0. The van der Waals surface area contributed by atoms with E-state index in [9.17, 15) is 0 Å². The summed E-state index contributed by atoms with van der Waals surface area (Å²) in [5, 5.41) is 6.99. The highest BCUT2D eigenvalue weighted by Gasteiger charge is 2.32. The molecule has 2 aromatic rings. The summed E-state index contributed by atoms with van der Waals surface area (Å²) in [5.41, 5.74) is 3.69. The van der Waals surface area contributed by atoms with Gasteiger partial charge in [-0.05, 0) is 30.2 Å². The molecule has 3 heteroatoms. The molecule has 2 unspecified atom stereocenters. The number of anilines is 2. The Hall–Kier alpha value is -2.00. The van der Waals surface area contributed by atoms with Crippen LogP contribution in [0.5, 0.6) is 0 Å². The second-order valence-corrected chi connectivity index (χ2v) is 5.42. The van der Waals surface area contributed by atoms with Gasteiger partial charge in [-0.1, -0.05) is 43.3 Å². The van der Waals surface area contributed by atoms with Gasteiger partial charge in [0, 0.05) is 23.8 Å². The van der Waals surface area contributed by atoms with Crippen molar-refractivity contribution in [2.45, 2.75) is 19.6 Å². The number of aryl methyl sites for hydroxylation is 1. The number of hydrogen-bond acceptors (Lipinski definition) is 3. The van der Waals surface area contributed by atoms with E-state index in [2.05, 4.69) is 54.0 Å². The molecule has 0 saturated carbocycles. The molecular formula is C18H22N2O. The quantitative estimate of drug-likeness (QED) is 0.846. The van der Waals surface area contributed by atoms with Crippen molar-refractivity contribution >= 4 is 11.4 Å². The molecule has 1 aliphatic heterocycles. The molecule has 3 nitrogen and oxygen atoms in total. The third-order valence-electron chi connectivity index (χ3n) is 3.96. The first-order chi connectivity index (χ1) is 10.4. The Kier molecular flexibility index (Phi) is 4.41. The van der Waals surface area contributed by atoms with Crippen molar-refractivity contribution < 1.29 is 4.74 Å². The van der Waals surface area contributed by atoms with Crippen LogP contribution in [-0.4, -0.2) is 19.4 Å². The van der Waals surface area contributed by atoms with Crippen LogP contribution in [0.4, 0.5) is 11.4 Å². The molecule has 21 heavy (non-hydrogen) atoms. The topological polar surface area (TPSA) is 33.3 Å². The molecule has 1 aliphatic rings. The molecule has 1 saturated heterocycles. The van der Waals surface area contributed by atoms with Gasteiger partial charge in [-0.15, -0.1) is 0 Å². The normalized spacial score (nSPS) is 20.6. The first-order valence-corrected chi connectivity index (χ1v) is 7.62. The fourth-order valence-electron chi connectivity index (χ4n) is 2.58. The number of para-hydroxylation sites is 2. The van der Waals surface area contributed by atoms with Gasteiger partial charge in [-0.25, -0.2) is 0 Å².